The molecular formula is C24H30N4O2+2. The topological polar surface area (TPSA) is 50.8 Å². The fraction of sp³-hybridized carbons (Fsp3) is 0.417. The van der Waals surface area contributed by atoms with Gasteiger partial charge < -0.3 is 14.5 Å². The van der Waals surface area contributed by atoms with Gasteiger partial charge in [0.2, 0.25) is 0 Å². The van der Waals surface area contributed by atoms with Gasteiger partial charge in [-0.25, -0.2) is 5.01 Å². The lowest BCUT2D eigenvalue weighted by Gasteiger charge is -2.30. The summed E-state index contributed by atoms with van der Waals surface area (Å²) in [6, 6.07) is 16.8. The van der Waals surface area contributed by atoms with E-state index in [1.54, 1.807) is 9.91 Å². The second-order valence-electron chi connectivity index (χ2n) is 8.57. The highest BCUT2D eigenvalue weighted by Crippen LogP contribution is 2.25. The van der Waals surface area contributed by atoms with Crippen molar-refractivity contribution in [1.29, 1.82) is 0 Å². The highest BCUT2D eigenvalue weighted by molar-refractivity contribution is 6.02. The standard InChI is InChI=1S/C24H28N4O2/c29-24(28-10-8-22(25-28)20-4-2-1-3-5-20)18-27-13-11-26(12-14-27)17-19-6-7-23-21(16-19)9-15-30-23/h1-7,16H,8-15,17-18H2/p+2. The molecule has 0 radical (unpaired) electrons. The molecule has 0 aromatic heterocycles. The Balaban J connectivity index is 1.10. The van der Waals surface area contributed by atoms with Gasteiger partial charge in [-0.05, 0) is 29.3 Å². The Kier molecular flexibility index (Phi) is 5.51. The maximum atomic E-state index is 12.8. The third-order valence-electron chi connectivity index (χ3n) is 6.47. The van der Waals surface area contributed by atoms with Crippen molar-refractivity contribution in [3.8, 4) is 5.75 Å². The van der Waals surface area contributed by atoms with Gasteiger partial charge in [0.05, 0.1) is 18.9 Å². The number of benzene rings is 2. The van der Waals surface area contributed by atoms with Gasteiger partial charge >= 0.3 is 0 Å². The van der Waals surface area contributed by atoms with Crippen LogP contribution in [-0.4, -0.2) is 62.5 Å². The lowest BCUT2D eigenvalue weighted by Crippen LogP contribution is -3.28. The number of rotatable bonds is 5. The molecule has 1 fully saturated rings. The van der Waals surface area contributed by atoms with Gasteiger partial charge in [0.25, 0.3) is 5.91 Å². The number of carbonyl (C=O) groups is 1. The number of ether oxygens (including phenoxy) is 1. The quantitative estimate of drug-likeness (QED) is 0.706. The SMILES string of the molecule is O=C(C[NH+]1CC[NH+](Cc2ccc3c(c2)CCO3)CC1)N1CCC(c2ccccc2)=N1. The number of carbonyl (C=O) groups excluding carboxylic acids is 1. The van der Waals surface area contributed by atoms with Crippen LogP contribution in [0.5, 0.6) is 5.75 Å². The Morgan fingerprint density at radius 3 is 2.63 bits per heavy atom. The highest BCUT2D eigenvalue weighted by atomic mass is 16.5. The summed E-state index contributed by atoms with van der Waals surface area (Å²) < 4.78 is 5.61. The summed E-state index contributed by atoms with van der Waals surface area (Å²) in [5.41, 5.74) is 4.89. The predicted molar refractivity (Wildman–Crippen MR) is 115 cm³/mol. The summed E-state index contributed by atoms with van der Waals surface area (Å²) in [5, 5.41) is 6.28. The number of piperazine rings is 1. The molecule has 156 valence electrons. The van der Waals surface area contributed by atoms with Crippen LogP contribution in [0.3, 0.4) is 0 Å². The van der Waals surface area contributed by atoms with Gasteiger partial charge in [-0.15, -0.1) is 0 Å². The van der Waals surface area contributed by atoms with Gasteiger partial charge in [0, 0.05) is 18.4 Å². The first kappa shape index (κ1) is 19.3. The zero-order valence-corrected chi connectivity index (χ0v) is 17.4. The molecule has 0 bridgehead atoms. The lowest BCUT2D eigenvalue weighted by molar-refractivity contribution is -1.02. The normalized spacial score (nSPS) is 23.1. The van der Waals surface area contributed by atoms with Crippen molar-refractivity contribution < 1.29 is 19.3 Å². The first-order valence-electron chi connectivity index (χ1n) is 11.1. The van der Waals surface area contributed by atoms with E-state index in [0.29, 0.717) is 13.1 Å². The van der Waals surface area contributed by atoms with Crippen LogP contribution in [0.15, 0.2) is 53.6 Å². The highest BCUT2D eigenvalue weighted by Gasteiger charge is 2.29. The Labute approximate surface area is 177 Å². The molecule has 5 rings (SSSR count). The Morgan fingerprint density at radius 2 is 1.80 bits per heavy atom. The molecule has 1 amide bonds. The van der Waals surface area contributed by atoms with Crippen molar-refractivity contribution in [1.82, 2.24) is 5.01 Å². The van der Waals surface area contributed by atoms with E-state index >= 15 is 0 Å². The summed E-state index contributed by atoms with van der Waals surface area (Å²) in [4.78, 5) is 15.7. The molecule has 3 aliphatic rings. The van der Waals surface area contributed by atoms with Crippen molar-refractivity contribution >= 4 is 11.6 Å². The van der Waals surface area contributed by atoms with E-state index < -0.39 is 0 Å². The molecule has 30 heavy (non-hydrogen) atoms. The second-order valence-corrected chi connectivity index (χ2v) is 8.57. The first-order chi connectivity index (χ1) is 14.7. The molecule has 2 aromatic rings. The number of nitrogens with one attached hydrogen (secondary N) is 2. The molecule has 3 heterocycles. The predicted octanol–water partition coefficient (Wildman–Crippen LogP) is -0.458. The summed E-state index contributed by atoms with van der Waals surface area (Å²) in [6.45, 7) is 7.42. The van der Waals surface area contributed by atoms with Gasteiger partial charge in [-0.1, -0.05) is 30.3 Å². The molecule has 0 unspecified atom stereocenters. The molecule has 0 saturated carbocycles. The molecule has 2 N–H and O–H groups in total. The second kappa shape index (κ2) is 8.58. The molecule has 0 spiro atoms. The molecule has 0 aliphatic carbocycles. The van der Waals surface area contributed by atoms with Crippen molar-refractivity contribution in [3.05, 3.63) is 65.2 Å². The minimum atomic E-state index is 0.151. The fourth-order valence-corrected chi connectivity index (χ4v) is 4.72. The van der Waals surface area contributed by atoms with Crippen LogP contribution in [0.1, 0.15) is 23.1 Å². The van der Waals surface area contributed by atoms with Gasteiger partial charge in [-0.2, -0.15) is 5.10 Å². The number of nitrogens with zero attached hydrogens (tertiary/aromatic N) is 2. The number of quaternary nitrogens is 2. The van der Waals surface area contributed by atoms with Crippen molar-refractivity contribution in [2.75, 3.05) is 45.9 Å². The van der Waals surface area contributed by atoms with E-state index in [2.05, 4.69) is 35.4 Å². The van der Waals surface area contributed by atoms with Crippen molar-refractivity contribution in [2.24, 2.45) is 5.10 Å². The number of amides is 1. The summed E-state index contributed by atoms with van der Waals surface area (Å²) in [7, 11) is 0. The molecule has 0 atom stereocenters. The minimum absolute atomic E-state index is 0.151. The Bertz CT molecular complexity index is 935. The van der Waals surface area contributed by atoms with Crippen LogP contribution in [0.2, 0.25) is 0 Å². The Morgan fingerprint density at radius 1 is 1.00 bits per heavy atom. The van der Waals surface area contributed by atoms with Crippen LogP contribution in [-0.2, 0) is 17.8 Å². The monoisotopic (exact) mass is 406 g/mol. The zero-order chi connectivity index (χ0) is 20.3. The van der Waals surface area contributed by atoms with E-state index in [0.717, 1.165) is 69.2 Å². The van der Waals surface area contributed by atoms with Gasteiger partial charge in [0.1, 0.15) is 38.5 Å². The Hall–Kier alpha value is -2.70. The zero-order valence-electron chi connectivity index (χ0n) is 17.4. The minimum Gasteiger partial charge on any atom is -0.493 e. The van der Waals surface area contributed by atoms with Crippen LogP contribution in [0.4, 0.5) is 0 Å². The van der Waals surface area contributed by atoms with Crippen molar-refractivity contribution in [3.63, 3.8) is 0 Å². The molecule has 3 aliphatic heterocycles. The van der Waals surface area contributed by atoms with Gasteiger partial charge in [0.15, 0.2) is 6.54 Å². The number of hydrogen-bond donors (Lipinski definition) is 2. The number of hydrazone groups is 1. The number of hydrogen-bond acceptors (Lipinski definition) is 3. The smallest absolute Gasteiger partial charge is 0.297 e. The van der Waals surface area contributed by atoms with E-state index in [1.807, 2.05) is 18.2 Å². The average molecular weight is 407 g/mol. The number of fused-ring (bicyclic) bond motifs is 1. The third-order valence-corrected chi connectivity index (χ3v) is 6.47. The molecule has 6 heteroatoms. The van der Waals surface area contributed by atoms with Crippen LogP contribution in [0, 0.1) is 0 Å². The van der Waals surface area contributed by atoms with E-state index in [4.69, 9.17) is 4.74 Å². The maximum Gasteiger partial charge on any atom is 0.297 e. The fourth-order valence-electron chi connectivity index (χ4n) is 4.72. The van der Waals surface area contributed by atoms with Crippen molar-refractivity contribution in [2.45, 2.75) is 19.4 Å². The summed E-state index contributed by atoms with van der Waals surface area (Å²) in [6.07, 6.45) is 1.87. The molecule has 6 nitrogen and oxygen atoms in total. The van der Waals surface area contributed by atoms with E-state index in [9.17, 15) is 4.79 Å². The van der Waals surface area contributed by atoms with Crippen LogP contribution < -0.4 is 14.5 Å². The molecular weight excluding hydrogens is 376 g/mol. The lowest BCUT2D eigenvalue weighted by atomic mass is 10.1. The summed E-state index contributed by atoms with van der Waals surface area (Å²) in [5.74, 6) is 1.21. The first-order valence-corrected chi connectivity index (χ1v) is 11.1. The average Bonchev–Trinajstić information content (AvgIpc) is 3.45. The summed E-state index contributed by atoms with van der Waals surface area (Å²) >= 11 is 0. The van der Waals surface area contributed by atoms with Crippen LogP contribution in [0.25, 0.3) is 0 Å². The molecule has 1 saturated heterocycles. The third kappa shape index (κ3) is 4.25. The van der Waals surface area contributed by atoms with E-state index in [1.165, 1.54) is 16.0 Å². The largest absolute Gasteiger partial charge is 0.493 e. The van der Waals surface area contributed by atoms with Gasteiger partial charge in [-0.3, -0.25) is 4.79 Å². The molecule has 2 aromatic carbocycles. The maximum absolute atomic E-state index is 12.8. The van der Waals surface area contributed by atoms with E-state index in [-0.39, 0.29) is 5.91 Å². The van der Waals surface area contributed by atoms with Crippen LogP contribution >= 0.6 is 0 Å².